The number of hydrogen-bond donors (Lipinski definition) is 0. The molecule has 5 aromatic rings. The Bertz CT molecular complexity index is 1290. The molecule has 29 heavy (non-hydrogen) atoms. The Hall–Kier alpha value is -3.85. The van der Waals surface area contributed by atoms with Crippen molar-refractivity contribution in [1.82, 2.24) is 15.0 Å². The predicted octanol–water partition coefficient (Wildman–Crippen LogP) is 6.33. The van der Waals surface area contributed by atoms with E-state index >= 15 is 0 Å². The van der Waals surface area contributed by atoms with Gasteiger partial charge in [-0.1, -0.05) is 72.8 Å². The fourth-order valence-electron chi connectivity index (χ4n) is 3.62. The molecule has 0 spiro atoms. The summed E-state index contributed by atoms with van der Waals surface area (Å²) in [7, 11) is 0. The lowest BCUT2D eigenvalue weighted by Crippen LogP contribution is -1.96. The molecule has 3 nitrogen and oxygen atoms in total. The molecular weight excluding hydrogens is 354 g/mol. The molecule has 2 aromatic heterocycles. The van der Waals surface area contributed by atoms with Crippen LogP contribution in [0.2, 0.25) is 0 Å². The van der Waals surface area contributed by atoms with Crippen LogP contribution >= 0.6 is 0 Å². The summed E-state index contributed by atoms with van der Waals surface area (Å²) < 4.78 is 0. The zero-order valence-electron chi connectivity index (χ0n) is 16.1. The van der Waals surface area contributed by atoms with Crippen molar-refractivity contribution in [1.29, 1.82) is 0 Å². The number of benzene rings is 3. The molecule has 0 atom stereocenters. The van der Waals surface area contributed by atoms with Crippen molar-refractivity contribution in [2.24, 2.45) is 0 Å². The molecule has 3 heteroatoms. The Balaban J connectivity index is 1.55. The van der Waals surface area contributed by atoms with E-state index < -0.39 is 0 Å². The molecule has 0 fully saturated rings. The van der Waals surface area contributed by atoms with Crippen LogP contribution in [0, 0.1) is 6.92 Å². The van der Waals surface area contributed by atoms with E-state index in [0.29, 0.717) is 5.82 Å². The Morgan fingerprint density at radius 2 is 1.38 bits per heavy atom. The number of rotatable bonds is 3. The van der Waals surface area contributed by atoms with E-state index in [4.69, 9.17) is 4.98 Å². The normalized spacial score (nSPS) is 10.9. The average molecular weight is 373 g/mol. The highest BCUT2D eigenvalue weighted by Gasteiger charge is 2.09. The Labute approximate surface area is 169 Å². The molecule has 0 saturated heterocycles. The summed E-state index contributed by atoms with van der Waals surface area (Å²) in [5.41, 5.74) is 6.11. The first-order valence-corrected chi connectivity index (χ1v) is 9.63. The van der Waals surface area contributed by atoms with Crippen LogP contribution in [0.1, 0.15) is 5.69 Å². The number of hydrogen-bond acceptors (Lipinski definition) is 3. The van der Waals surface area contributed by atoms with E-state index in [9.17, 15) is 0 Å². The van der Waals surface area contributed by atoms with Gasteiger partial charge in [0.25, 0.3) is 0 Å². The fraction of sp³-hybridized carbons (Fsp3) is 0.0385. The lowest BCUT2D eigenvalue weighted by molar-refractivity contribution is 1.09. The Morgan fingerprint density at radius 3 is 2.21 bits per heavy atom. The highest BCUT2D eigenvalue weighted by atomic mass is 14.9. The summed E-state index contributed by atoms with van der Waals surface area (Å²) >= 11 is 0. The van der Waals surface area contributed by atoms with Crippen molar-refractivity contribution in [3.8, 4) is 33.9 Å². The van der Waals surface area contributed by atoms with Crippen molar-refractivity contribution in [2.75, 3.05) is 0 Å². The fourth-order valence-corrected chi connectivity index (χ4v) is 3.62. The number of aromatic nitrogens is 3. The first kappa shape index (κ1) is 17.3. The molecule has 0 aliphatic rings. The summed E-state index contributed by atoms with van der Waals surface area (Å²) in [5.74, 6) is 0.652. The number of fused-ring (bicyclic) bond motifs is 1. The standard InChI is InChI=1S/C26H19N3/c1-18-17-25(29-26(28-18)24-11-4-5-16-27-24)21-14-12-20(13-15-21)23-10-6-8-19-7-2-3-9-22(19)23/h2-17H,1H3. The molecule has 2 heterocycles. The smallest absolute Gasteiger partial charge is 0.178 e. The van der Waals surface area contributed by atoms with Crippen LogP contribution in [0.5, 0.6) is 0 Å². The lowest BCUT2D eigenvalue weighted by atomic mass is 9.97. The molecule has 0 aliphatic carbocycles. The van der Waals surface area contributed by atoms with Crippen molar-refractivity contribution in [2.45, 2.75) is 6.92 Å². The van der Waals surface area contributed by atoms with Crippen LogP contribution in [0.15, 0.2) is 97.2 Å². The van der Waals surface area contributed by atoms with Crippen molar-refractivity contribution >= 4 is 10.8 Å². The van der Waals surface area contributed by atoms with E-state index in [1.165, 1.54) is 21.9 Å². The molecule has 3 aromatic carbocycles. The largest absolute Gasteiger partial charge is 0.253 e. The van der Waals surface area contributed by atoms with E-state index in [-0.39, 0.29) is 0 Å². The van der Waals surface area contributed by atoms with Gasteiger partial charge in [-0.3, -0.25) is 4.98 Å². The molecule has 0 radical (unpaired) electrons. The van der Waals surface area contributed by atoms with E-state index in [1.54, 1.807) is 6.20 Å². The van der Waals surface area contributed by atoms with Gasteiger partial charge in [0.2, 0.25) is 0 Å². The minimum Gasteiger partial charge on any atom is -0.253 e. The third kappa shape index (κ3) is 3.39. The van der Waals surface area contributed by atoms with E-state index in [2.05, 4.69) is 76.7 Å². The second kappa shape index (κ2) is 7.28. The molecule has 0 aliphatic heterocycles. The second-order valence-electron chi connectivity index (χ2n) is 7.04. The number of nitrogens with zero attached hydrogens (tertiary/aromatic N) is 3. The van der Waals surface area contributed by atoms with Gasteiger partial charge in [0.05, 0.1) is 5.69 Å². The molecule has 0 bridgehead atoms. The molecule has 0 unspecified atom stereocenters. The monoisotopic (exact) mass is 373 g/mol. The lowest BCUT2D eigenvalue weighted by Gasteiger charge is -2.09. The second-order valence-corrected chi connectivity index (χ2v) is 7.04. The summed E-state index contributed by atoms with van der Waals surface area (Å²) in [4.78, 5) is 13.7. The van der Waals surface area contributed by atoms with Crippen LogP contribution in [0.4, 0.5) is 0 Å². The Morgan fingerprint density at radius 1 is 0.621 bits per heavy atom. The third-order valence-electron chi connectivity index (χ3n) is 5.03. The maximum Gasteiger partial charge on any atom is 0.178 e. The predicted molar refractivity (Wildman–Crippen MR) is 118 cm³/mol. The summed E-state index contributed by atoms with van der Waals surface area (Å²) in [6.07, 6.45) is 1.76. The van der Waals surface area contributed by atoms with Crippen LogP contribution in [0.25, 0.3) is 44.7 Å². The van der Waals surface area contributed by atoms with Crippen molar-refractivity contribution < 1.29 is 0 Å². The van der Waals surface area contributed by atoms with Gasteiger partial charge in [-0.15, -0.1) is 0 Å². The minimum absolute atomic E-state index is 0.652. The topological polar surface area (TPSA) is 38.7 Å². The van der Waals surface area contributed by atoms with Gasteiger partial charge in [-0.25, -0.2) is 9.97 Å². The summed E-state index contributed by atoms with van der Waals surface area (Å²) in [5, 5.41) is 2.51. The maximum atomic E-state index is 4.75. The van der Waals surface area contributed by atoms with Crippen LogP contribution in [-0.2, 0) is 0 Å². The van der Waals surface area contributed by atoms with E-state index in [1.807, 2.05) is 31.2 Å². The molecule has 5 rings (SSSR count). The zero-order valence-corrected chi connectivity index (χ0v) is 16.1. The first-order chi connectivity index (χ1) is 14.3. The molecular formula is C26H19N3. The zero-order chi connectivity index (χ0) is 19.6. The van der Waals surface area contributed by atoms with Gasteiger partial charge >= 0.3 is 0 Å². The summed E-state index contributed by atoms with van der Waals surface area (Å²) in [6, 6.07) is 31.3. The van der Waals surface area contributed by atoms with Gasteiger partial charge in [0.15, 0.2) is 5.82 Å². The van der Waals surface area contributed by atoms with Gasteiger partial charge in [-0.2, -0.15) is 0 Å². The van der Waals surface area contributed by atoms with Crippen LogP contribution < -0.4 is 0 Å². The van der Waals surface area contributed by atoms with Crippen molar-refractivity contribution in [3.05, 3.63) is 103 Å². The quantitative estimate of drug-likeness (QED) is 0.371. The van der Waals surface area contributed by atoms with Gasteiger partial charge < -0.3 is 0 Å². The molecule has 0 amide bonds. The van der Waals surface area contributed by atoms with Gasteiger partial charge in [0.1, 0.15) is 5.69 Å². The molecule has 0 saturated carbocycles. The first-order valence-electron chi connectivity index (χ1n) is 9.63. The minimum atomic E-state index is 0.652. The molecule has 0 N–H and O–H groups in total. The van der Waals surface area contributed by atoms with Gasteiger partial charge in [-0.05, 0) is 47.0 Å². The Kier molecular flexibility index (Phi) is 4.34. The van der Waals surface area contributed by atoms with Crippen LogP contribution in [0.3, 0.4) is 0 Å². The average Bonchev–Trinajstić information content (AvgIpc) is 2.79. The summed E-state index contributed by atoms with van der Waals surface area (Å²) in [6.45, 7) is 1.99. The number of aryl methyl sites for hydroxylation is 1. The third-order valence-corrected chi connectivity index (χ3v) is 5.03. The highest BCUT2D eigenvalue weighted by molar-refractivity contribution is 5.96. The van der Waals surface area contributed by atoms with Crippen molar-refractivity contribution in [3.63, 3.8) is 0 Å². The maximum absolute atomic E-state index is 4.75. The highest BCUT2D eigenvalue weighted by Crippen LogP contribution is 2.30. The van der Waals surface area contributed by atoms with E-state index in [0.717, 1.165) is 22.6 Å². The number of pyridine rings is 1. The van der Waals surface area contributed by atoms with Crippen LogP contribution in [-0.4, -0.2) is 15.0 Å². The van der Waals surface area contributed by atoms with Gasteiger partial charge in [0, 0.05) is 17.5 Å². The molecule has 138 valence electrons. The SMILES string of the molecule is Cc1cc(-c2ccc(-c3cccc4ccccc34)cc2)nc(-c2ccccn2)n1.